The quantitative estimate of drug-likeness (QED) is 0.636. The number of nitrogens with zero attached hydrogens (tertiary/aromatic N) is 3. The van der Waals surface area contributed by atoms with E-state index in [9.17, 15) is 18.4 Å². The van der Waals surface area contributed by atoms with E-state index in [1.807, 2.05) is 0 Å². The molecule has 0 atom stereocenters. The Morgan fingerprint density at radius 3 is 2.93 bits per heavy atom. The van der Waals surface area contributed by atoms with Crippen LogP contribution in [0.2, 0.25) is 0 Å². The highest BCUT2D eigenvalue weighted by Gasteiger charge is 2.15. The molecule has 8 nitrogen and oxygen atoms in total. The topological polar surface area (TPSA) is 101 Å². The van der Waals surface area contributed by atoms with Gasteiger partial charge in [0.05, 0.1) is 6.42 Å². The number of hydrogen-bond acceptors (Lipinski definition) is 5. The lowest BCUT2D eigenvalue weighted by molar-refractivity contribution is -0.120. The molecule has 0 spiro atoms. The molecule has 3 aromatic rings. The number of hydrogen-bond donors (Lipinski definition) is 2. The molecule has 0 radical (unpaired) electrons. The highest BCUT2D eigenvalue weighted by molar-refractivity contribution is 5.79. The van der Waals surface area contributed by atoms with Gasteiger partial charge in [-0.3, -0.25) is 14.7 Å². The maximum atomic E-state index is 12.4. The number of rotatable bonds is 7. The van der Waals surface area contributed by atoms with Crippen molar-refractivity contribution in [2.24, 2.45) is 0 Å². The summed E-state index contributed by atoms with van der Waals surface area (Å²) in [5.41, 5.74) is 2.76. The Hall–Kier alpha value is -3.30. The van der Waals surface area contributed by atoms with Crippen molar-refractivity contribution in [1.29, 1.82) is 0 Å². The average molecular weight is 391 g/mol. The van der Waals surface area contributed by atoms with E-state index in [2.05, 4.69) is 20.4 Å². The second kappa shape index (κ2) is 8.15. The molecule has 3 heterocycles. The Labute approximate surface area is 158 Å². The molecule has 0 saturated carbocycles. The Morgan fingerprint density at radius 2 is 2.18 bits per heavy atom. The van der Waals surface area contributed by atoms with E-state index >= 15 is 0 Å². The summed E-state index contributed by atoms with van der Waals surface area (Å²) in [6.45, 7) is 2.87. The van der Waals surface area contributed by atoms with Gasteiger partial charge >= 0.3 is 0 Å². The Balaban J connectivity index is 1.70. The summed E-state index contributed by atoms with van der Waals surface area (Å²) in [7, 11) is 0. The molecule has 1 amide bonds. The van der Waals surface area contributed by atoms with Crippen molar-refractivity contribution in [1.82, 2.24) is 24.9 Å². The molecule has 148 valence electrons. The standard InChI is InChI=1S/C18H19F2N5O3/c1-10-13(11(2)25-15(23-10)7-17(27)24-25)6-16(26)22-8-12-4-3-5-21-18(12)28-9-14(19)20/h3-5,7,14H,6,8-9H2,1-2H3,(H,22,26)(H,24,27). The van der Waals surface area contributed by atoms with Crippen LogP contribution in [-0.2, 0) is 17.8 Å². The summed E-state index contributed by atoms with van der Waals surface area (Å²) in [6.07, 6.45) is -1.13. The molecule has 0 aromatic carbocycles. The number of pyridine rings is 1. The van der Waals surface area contributed by atoms with E-state index in [4.69, 9.17) is 4.74 Å². The lowest BCUT2D eigenvalue weighted by Crippen LogP contribution is -2.26. The zero-order valence-corrected chi connectivity index (χ0v) is 15.3. The SMILES string of the molecule is Cc1nc2cc(=O)[nH]n2c(C)c1CC(=O)NCc1cccnc1OCC(F)F. The van der Waals surface area contributed by atoms with Gasteiger partial charge < -0.3 is 10.1 Å². The first-order chi connectivity index (χ1) is 13.3. The highest BCUT2D eigenvalue weighted by atomic mass is 19.3. The van der Waals surface area contributed by atoms with Crippen LogP contribution in [0.4, 0.5) is 8.78 Å². The largest absolute Gasteiger partial charge is 0.471 e. The summed E-state index contributed by atoms with van der Waals surface area (Å²) in [5.74, 6) is -0.228. The van der Waals surface area contributed by atoms with Crippen LogP contribution in [0.25, 0.3) is 5.65 Å². The summed E-state index contributed by atoms with van der Waals surface area (Å²) >= 11 is 0. The number of fused-ring (bicyclic) bond motifs is 1. The fourth-order valence-corrected chi connectivity index (χ4v) is 2.86. The smallest absolute Gasteiger partial charge is 0.272 e. The normalized spacial score (nSPS) is 11.2. The molecule has 0 saturated heterocycles. The van der Waals surface area contributed by atoms with Crippen molar-refractivity contribution in [2.45, 2.75) is 33.2 Å². The number of nitrogens with one attached hydrogen (secondary N) is 2. The third kappa shape index (κ3) is 4.33. The van der Waals surface area contributed by atoms with E-state index in [-0.39, 0.29) is 30.3 Å². The van der Waals surface area contributed by atoms with Crippen LogP contribution in [-0.4, -0.2) is 38.5 Å². The predicted octanol–water partition coefficient (Wildman–Crippen LogP) is 1.54. The summed E-state index contributed by atoms with van der Waals surface area (Å²) in [6, 6.07) is 4.65. The lowest BCUT2D eigenvalue weighted by Gasteiger charge is -2.13. The molecule has 0 bridgehead atoms. The van der Waals surface area contributed by atoms with Crippen molar-refractivity contribution < 1.29 is 18.3 Å². The maximum Gasteiger partial charge on any atom is 0.272 e. The van der Waals surface area contributed by atoms with Gasteiger partial charge in [-0.1, -0.05) is 6.07 Å². The first-order valence-corrected chi connectivity index (χ1v) is 8.54. The van der Waals surface area contributed by atoms with Crippen molar-refractivity contribution in [2.75, 3.05) is 6.61 Å². The third-order valence-electron chi connectivity index (χ3n) is 4.21. The van der Waals surface area contributed by atoms with Crippen LogP contribution < -0.4 is 15.6 Å². The molecule has 10 heteroatoms. The highest BCUT2D eigenvalue weighted by Crippen LogP contribution is 2.16. The number of aromatic amines is 1. The number of halogens is 2. The summed E-state index contributed by atoms with van der Waals surface area (Å²) < 4.78 is 31.2. The molecule has 2 N–H and O–H groups in total. The number of carbonyl (C=O) groups is 1. The minimum absolute atomic E-state index is 0.0499. The molecule has 3 rings (SSSR count). The molecular formula is C18H19F2N5O3. The number of carbonyl (C=O) groups excluding carboxylic acids is 1. The van der Waals surface area contributed by atoms with E-state index in [0.717, 1.165) is 0 Å². The zero-order chi connectivity index (χ0) is 20.3. The maximum absolute atomic E-state index is 12.4. The van der Waals surface area contributed by atoms with Gasteiger partial charge in [-0.2, -0.15) is 0 Å². The lowest BCUT2D eigenvalue weighted by atomic mass is 10.1. The minimum atomic E-state index is -2.61. The van der Waals surface area contributed by atoms with Crippen molar-refractivity contribution in [3.05, 3.63) is 57.3 Å². The number of aryl methyl sites for hydroxylation is 2. The molecule has 0 aliphatic carbocycles. The third-order valence-corrected chi connectivity index (χ3v) is 4.21. The summed E-state index contributed by atoms with van der Waals surface area (Å²) in [5, 5.41) is 5.36. The van der Waals surface area contributed by atoms with Gasteiger partial charge in [-0.05, 0) is 19.9 Å². The van der Waals surface area contributed by atoms with Gasteiger partial charge in [-0.15, -0.1) is 0 Å². The van der Waals surface area contributed by atoms with Crippen molar-refractivity contribution >= 4 is 11.6 Å². The van der Waals surface area contributed by atoms with E-state index < -0.39 is 13.0 Å². The first kappa shape index (κ1) is 19.5. The van der Waals surface area contributed by atoms with Gasteiger partial charge in [0, 0.05) is 41.3 Å². The Bertz CT molecular complexity index is 1060. The number of alkyl halides is 2. The number of aromatic nitrogens is 4. The molecule has 28 heavy (non-hydrogen) atoms. The monoisotopic (exact) mass is 391 g/mol. The van der Waals surface area contributed by atoms with Crippen LogP contribution in [0.15, 0.2) is 29.2 Å². The second-order valence-corrected chi connectivity index (χ2v) is 6.20. The number of amides is 1. The number of H-pyrrole nitrogens is 1. The fraction of sp³-hybridized carbons (Fsp3) is 0.333. The van der Waals surface area contributed by atoms with Gasteiger partial charge in [0.15, 0.2) is 12.3 Å². The molecular weight excluding hydrogens is 372 g/mol. The van der Waals surface area contributed by atoms with Crippen LogP contribution >= 0.6 is 0 Å². The minimum Gasteiger partial charge on any atom is -0.471 e. The van der Waals surface area contributed by atoms with Crippen LogP contribution in [0, 0.1) is 13.8 Å². The van der Waals surface area contributed by atoms with E-state index in [1.54, 1.807) is 26.0 Å². The summed E-state index contributed by atoms with van der Waals surface area (Å²) in [4.78, 5) is 32.2. The van der Waals surface area contributed by atoms with Crippen LogP contribution in [0.1, 0.15) is 22.5 Å². The van der Waals surface area contributed by atoms with Crippen molar-refractivity contribution in [3.63, 3.8) is 0 Å². The Morgan fingerprint density at radius 1 is 1.39 bits per heavy atom. The Kier molecular flexibility index (Phi) is 5.67. The van der Waals surface area contributed by atoms with Crippen LogP contribution in [0.3, 0.4) is 0 Å². The molecule has 3 aromatic heterocycles. The second-order valence-electron chi connectivity index (χ2n) is 6.20. The molecule has 0 fully saturated rings. The van der Waals surface area contributed by atoms with Gasteiger partial charge in [0.2, 0.25) is 11.8 Å². The molecule has 0 aliphatic rings. The molecule has 0 unspecified atom stereocenters. The van der Waals surface area contributed by atoms with Gasteiger partial charge in [0.25, 0.3) is 12.0 Å². The van der Waals surface area contributed by atoms with Crippen molar-refractivity contribution in [3.8, 4) is 5.88 Å². The molecule has 0 aliphatic heterocycles. The van der Waals surface area contributed by atoms with Crippen LogP contribution in [0.5, 0.6) is 5.88 Å². The zero-order valence-electron chi connectivity index (χ0n) is 15.3. The first-order valence-electron chi connectivity index (χ1n) is 8.54. The average Bonchev–Trinajstić information content (AvgIpc) is 3.02. The number of ether oxygens (including phenoxy) is 1. The fourth-order valence-electron chi connectivity index (χ4n) is 2.86. The van der Waals surface area contributed by atoms with Gasteiger partial charge in [-0.25, -0.2) is 23.3 Å². The predicted molar refractivity (Wildman–Crippen MR) is 96.6 cm³/mol. The van der Waals surface area contributed by atoms with E-state index in [0.29, 0.717) is 28.2 Å². The van der Waals surface area contributed by atoms with E-state index in [1.165, 1.54) is 16.8 Å². The van der Waals surface area contributed by atoms with Gasteiger partial charge in [0.1, 0.15) is 0 Å².